The molecule has 1 aromatic carbocycles. The van der Waals surface area contributed by atoms with Crippen molar-refractivity contribution in [3.8, 4) is 0 Å². The van der Waals surface area contributed by atoms with Crippen LogP contribution in [0.2, 0.25) is 0 Å². The average molecular weight is 341 g/mol. The summed E-state index contributed by atoms with van der Waals surface area (Å²) in [5.74, 6) is -0.0266. The Hall–Kier alpha value is -1.00. The highest BCUT2D eigenvalue weighted by Gasteiger charge is 2.09. The minimum atomic E-state index is -0.0266. The molecular weight excluding hydrogens is 334 g/mol. The fourth-order valence-electron chi connectivity index (χ4n) is 1.31. The van der Waals surface area contributed by atoms with Crippen molar-refractivity contribution < 1.29 is 4.79 Å². The second kappa shape index (κ2) is 4.89. The molecule has 0 spiro atoms. The standard InChI is InChI=1S/C12H7Br2NO/c13-10-3-1-2-8(6-10)12(16)9-4-5-11(14)15-7-9/h1-7H. The van der Waals surface area contributed by atoms with Crippen molar-refractivity contribution >= 4 is 37.6 Å². The van der Waals surface area contributed by atoms with E-state index >= 15 is 0 Å². The smallest absolute Gasteiger partial charge is 0.194 e. The van der Waals surface area contributed by atoms with Crippen molar-refractivity contribution in [1.82, 2.24) is 4.98 Å². The predicted octanol–water partition coefficient (Wildman–Crippen LogP) is 3.84. The first-order valence-corrected chi connectivity index (χ1v) is 6.17. The summed E-state index contributed by atoms with van der Waals surface area (Å²) in [6, 6.07) is 10.8. The molecule has 0 unspecified atom stereocenters. The lowest BCUT2D eigenvalue weighted by Gasteiger charge is -2.01. The van der Waals surface area contributed by atoms with E-state index in [0.29, 0.717) is 11.1 Å². The van der Waals surface area contributed by atoms with Crippen LogP contribution in [0.5, 0.6) is 0 Å². The normalized spacial score (nSPS) is 10.1. The number of carbonyl (C=O) groups excluding carboxylic acids is 1. The van der Waals surface area contributed by atoms with E-state index in [-0.39, 0.29) is 5.78 Å². The Morgan fingerprint density at radius 2 is 1.88 bits per heavy atom. The summed E-state index contributed by atoms with van der Waals surface area (Å²) in [6.45, 7) is 0. The lowest BCUT2D eigenvalue weighted by Crippen LogP contribution is -2.01. The molecule has 0 amide bonds. The van der Waals surface area contributed by atoms with Crippen LogP contribution in [0.3, 0.4) is 0 Å². The summed E-state index contributed by atoms with van der Waals surface area (Å²) >= 11 is 6.57. The van der Waals surface area contributed by atoms with E-state index in [0.717, 1.165) is 9.08 Å². The number of aromatic nitrogens is 1. The Bertz CT molecular complexity index is 523. The molecule has 16 heavy (non-hydrogen) atoms. The molecule has 1 heterocycles. The van der Waals surface area contributed by atoms with Crippen LogP contribution < -0.4 is 0 Å². The molecule has 0 bridgehead atoms. The van der Waals surface area contributed by atoms with Crippen LogP contribution in [0.4, 0.5) is 0 Å². The Kier molecular flexibility index (Phi) is 3.51. The largest absolute Gasteiger partial charge is 0.289 e. The van der Waals surface area contributed by atoms with Gasteiger partial charge in [0.15, 0.2) is 5.78 Å². The van der Waals surface area contributed by atoms with Crippen LogP contribution in [-0.2, 0) is 0 Å². The topological polar surface area (TPSA) is 30.0 Å². The Labute approximate surface area is 110 Å². The molecule has 0 N–H and O–H groups in total. The molecule has 0 aliphatic heterocycles. The maximum absolute atomic E-state index is 12.0. The molecule has 2 nitrogen and oxygen atoms in total. The van der Waals surface area contributed by atoms with Gasteiger partial charge in [0.05, 0.1) is 0 Å². The second-order valence-electron chi connectivity index (χ2n) is 3.21. The van der Waals surface area contributed by atoms with Crippen LogP contribution in [-0.4, -0.2) is 10.8 Å². The van der Waals surface area contributed by atoms with Gasteiger partial charge >= 0.3 is 0 Å². The van der Waals surface area contributed by atoms with Gasteiger partial charge in [0, 0.05) is 21.8 Å². The molecule has 2 rings (SSSR count). The van der Waals surface area contributed by atoms with Gasteiger partial charge in [0.2, 0.25) is 0 Å². The summed E-state index contributed by atoms with van der Waals surface area (Å²) in [4.78, 5) is 16.1. The van der Waals surface area contributed by atoms with E-state index in [1.165, 1.54) is 0 Å². The maximum Gasteiger partial charge on any atom is 0.194 e. The zero-order valence-corrected chi connectivity index (χ0v) is 11.3. The van der Waals surface area contributed by atoms with E-state index in [4.69, 9.17) is 0 Å². The van der Waals surface area contributed by atoms with E-state index in [9.17, 15) is 4.79 Å². The molecule has 0 atom stereocenters. The Balaban J connectivity index is 2.35. The molecule has 80 valence electrons. The van der Waals surface area contributed by atoms with E-state index in [1.807, 2.05) is 12.1 Å². The van der Waals surface area contributed by atoms with Crippen molar-refractivity contribution in [1.29, 1.82) is 0 Å². The molecule has 4 heteroatoms. The summed E-state index contributed by atoms with van der Waals surface area (Å²) < 4.78 is 1.61. The monoisotopic (exact) mass is 339 g/mol. The van der Waals surface area contributed by atoms with E-state index in [2.05, 4.69) is 36.8 Å². The number of pyridine rings is 1. The molecule has 0 aliphatic rings. The zero-order valence-electron chi connectivity index (χ0n) is 8.15. The maximum atomic E-state index is 12.0. The quantitative estimate of drug-likeness (QED) is 0.614. The lowest BCUT2D eigenvalue weighted by atomic mass is 10.1. The number of hydrogen-bond acceptors (Lipinski definition) is 2. The molecule has 0 aliphatic carbocycles. The highest BCUT2D eigenvalue weighted by molar-refractivity contribution is 9.10. The van der Waals surface area contributed by atoms with Crippen LogP contribution in [0.15, 0.2) is 51.7 Å². The van der Waals surface area contributed by atoms with Crippen molar-refractivity contribution in [3.05, 3.63) is 62.8 Å². The predicted molar refractivity (Wildman–Crippen MR) is 69.5 cm³/mol. The Morgan fingerprint density at radius 3 is 2.50 bits per heavy atom. The van der Waals surface area contributed by atoms with Crippen LogP contribution >= 0.6 is 31.9 Å². The second-order valence-corrected chi connectivity index (χ2v) is 4.94. The fraction of sp³-hybridized carbons (Fsp3) is 0. The molecule has 0 radical (unpaired) electrons. The third-order valence-electron chi connectivity index (χ3n) is 2.08. The lowest BCUT2D eigenvalue weighted by molar-refractivity contribution is 0.103. The number of carbonyl (C=O) groups is 1. The van der Waals surface area contributed by atoms with Crippen molar-refractivity contribution in [3.63, 3.8) is 0 Å². The van der Waals surface area contributed by atoms with Crippen LogP contribution in [0, 0.1) is 0 Å². The third-order valence-corrected chi connectivity index (χ3v) is 3.04. The van der Waals surface area contributed by atoms with Crippen molar-refractivity contribution in [2.24, 2.45) is 0 Å². The third kappa shape index (κ3) is 2.57. The van der Waals surface area contributed by atoms with E-state index < -0.39 is 0 Å². The molecule has 0 saturated carbocycles. The van der Waals surface area contributed by atoms with Crippen molar-refractivity contribution in [2.45, 2.75) is 0 Å². The van der Waals surface area contributed by atoms with Gasteiger partial charge in [-0.2, -0.15) is 0 Å². The van der Waals surface area contributed by atoms with Crippen molar-refractivity contribution in [2.75, 3.05) is 0 Å². The molecule has 1 aromatic heterocycles. The highest BCUT2D eigenvalue weighted by Crippen LogP contribution is 2.16. The number of rotatable bonds is 2. The van der Waals surface area contributed by atoms with Gasteiger partial charge in [-0.05, 0) is 40.2 Å². The van der Waals surface area contributed by atoms with Gasteiger partial charge < -0.3 is 0 Å². The van der Waals surface area contributed by atoms with Gasteiger partial charge in [-0.25, -0.2) is 4.98 Å². The molecule has 0 saturated heterocycles. The summed E-state index contributed by atoms with van der Waals surface area (Å²) in [7, 11) is 0. The minimum absolute atomic E-state index is 0.0266. The Morgan fingerprint density at radius 1 is 1.06 bits per heavy atom. The zero-order chi connectivity index (χ0) is 11.5. The molecule has 2 aromatic rings. The summed E-state index contributed by atoms with van der Waals surface area (Å²) in [5, 5.41) is 0. The number of hydrogen-bond donors (Lipinski definition) is 0. The molecule has 0 fully saturated rings. The number of benzene rings is 1. The first kappa shape index (κ1) is 11.5. The summed E-state index contributed by atoms with van der Waals surface area (Å²) in [5.41, 5.74) is 1.24. The fourth-order valence-corrected chi connectivity index (χ4v) is 1.94. The summed E-state index contributed by atoms with van der Waals surface area (Å²) in [6.07, 6.45) is 1.56. The first-order valence-electron chi connectivity index (χ1n) is 4.58. The van der Waals surface area contributed by atoms with Gasteiger partial charge in [-0.15, -0.1) is 0 Å². The minimum Gasteiger partial charge on any atom is -0.289 e. The molecular formula is C12H7Br2NO. The SMILES string of the molecule is O=C(c1ccc(Br)nc1)c1cccc(Br)c1. The number of halogens is 2. The van der Waals surface area contributed by atoms with Gasteiger partial charge in [0.1, 0.15) is 4.60 Å². The van der Waals surface area contributed by atoms with Gasteiger partial charge in [-0.1, -0.05) is 28.1 Å². The van der Waals surface area contributed by atoms with Crippen LogP contribution in [0.25, 0.3) is 0 Å². The van der Waals surface area contributed by atoms with Gasteiger partial charge in [0.25, 0.3) is 0 Å². The number of nitrogens with zero attached hydrogens (tertiary/aromatic N) is 1. The van der Waals surface area contributed by atoms with Crippen LogP contribution in [0.1, 0.15) is 15.9 Å². The van der Waals surface area contributed by atoms with Gasteiger partial charge in [-0.3, -0.25) is 4.79 Å². The average Bonchev–Trinajstić information content (AvgIpc) is 2.29. The number of ketones is 1. The van der Waals surface area contributed by atoms with E-state index in [1.54, 1.807) is 30.5 Å². The highest BCUT2D eigenvalue weighted by atomic mass is 79.9. The first-order chi connectivity index (χ1) is 7.66.